The first-order valence-corrected chi connectivity index (χ1v) is 18.1. The molecule has 0 aliphatic carbocycles. The fraction of sp³-hybridized carbons (Fsp3) is 0.364. The Morgan fingerprint density at radius 1 is 0.875 bits per heavy atom. The summed E-state index contributed by atoms with van der Waals surface area (Å²) in [6.07, 6.45) is -2.41. The van der Waals surface area contributed by atoms with Gasteiger partial charge in [0.1, 0.15) is 11.5 Å². The van der Waals surface area contributed by atoms with Gasteiger partial charge in [-0.15, -0.1) is 0 Å². The molecule has 3 aromatic carbocycles. The lowest BCUT2D eigenvalue weighted by Gasteiger charge is -2.37. The van der Waals surface area contributed by atoms with Crippen molar-refractivity contribution in [3.63, 3.8) is 0 Å². The Bertz CT molecular complexity index is 1860. The minimum Gasteiger partial charge on any atom is -0.466 e. The van der Waals surface area contributed by atoms with E-state index < -0.39 is 86.3 Å². The van der Waals surface area contributed by atoms with E-state index in [0.29, 0.717) is 4.90 Å². The van der Waals surface area contributed by atoms with Crippen molar-refractivity contribution in [1.82, 2.24) is 0 Å². The van der Waals surface area contributed by atoms with Crippen molar-refractivity contribution >= 4 is 43.3 Å². The third-order valence-corrected chi connectivity index (χ3v) is 13.1. The highest BCUT2D eigenvalue weighted by Gasteiger charge is 2.66. The number of carbonyl (C=O) groups excluding carboxylic acids is 3. The van der Waals surface area contributed by atoms with Gasteiger partial charge >= 0.3 is 12.1 Å². The van der Waals surface area contributed by atoms with Crippen LogP contribution < -0.4 is 4.90 Å². The fourth-order valence-corrected chi connectivity index (χ4v) is 10.6. The van der Waals surface area contributed by atoms with Crippen LogP contribution in [0.3, 0.4) is 0 Å². The average Bonchev–Trinajstić information content (AvgIpc) is 3.27. The van der Waals surface area contributed by atoms with E-state index in [1.807, 2.05) is 0 Å². The number of nitrogens with zero attached hydrogens (tertiary/aromatic N) is 2. The van der Waals surface area contributed by atoms with Gasteiger partial charge in [0, 0.05) is 11.8 Å². The number of carbonyl (C=O) groups is 3. The Kier molecular flexibility index (Phi) is 10.2. The first kappa shape index (κ1) is 36.2. The van der Waals surface area contributed by atoms with Gasteiger partial charge in [-0.2, -0.15) is 0 Å². The molecule has 0 fully saturated rings. The van der Waals surface area contributed by atoms with E-state index in [2.05, 4.69) is 0 Å². The molecule has 0 saturated heterocycles. The van der Waals surface area contributed by atoms with Crippen LogP contribution in [0, 0.1) is 16.0 Å². The van der Waals surface area contributed by atoms with Crippen LogP contribution in [0.15, 0.2) is 94.7 Å². The van der Waals surface area contributed by atoms with Crippen LogP contribution in [0.1, 0.15) is 46.6 Å². The summed E-state index contributed by atoms with van der Waals surface area (Å²) in [6.45, 7) is 6.79. The van der Waals surface area contributed by atoms with Gasteiger partial charge in [0.05, 0.1) is 27.5 Å². The molecule has 256 valence electrons. The lowest BCUT2D eigenvalue weighted by molar-refractivity contribution is -0.527. The van der Waals surface area contributed by atoms with Crippen LogP contribution in [0.2, 0.25) is 0 Å². The highest BCUT2D eigenvalue weighted by Crippen LogP contribution is 2.53. The van der Waals surface area contributed by atoms with E-state index in [4.69, 9.17) is 9.47 Å². The van der Waals surface area contributed by atoms with Crippen molar-refractivity contribution < 1.29 is 45.6 Å². The zero-order chi connectivity index (χ0) is 35.7. The minimum absolute atomic E-state index is 0.158. The molecule has 0 saturated carbocycles. The molecule has 48 heavy (non-hydrogen) atoms. The number of hydrogen-bond donors (Lipinski definition) is 0. The number of rotatable bonds is 11. The third kappa shape index (κ3) is 6.56. The van der Waals surface area contributed by atoms with E-state index in [1.165, 1.54) is 113 Å². The summed E-state index contributed by atoms with van der Waals surface area (Å²) in [7, 11) is -9.88. The Morgan fingerprint density at radius 3 is 1.81 bits per heavy atom. The molecule has 0 spiro atoms. The lowest BCUT2D eigenvalue weighted by Crippen LogP contribution is -2.57. The normalized spacial score (nSPS) is 17.8. The molecule has 2 amide bonds. The van der Waals surface area contributed by atoms with Gasteiger partial charge in [-0.1, -0.05) is 54.6 Å². The number of esters is 1. The molecule has 1 heterocycles. The molecule has 1 aliphatic heterocycles. The molecule has 1 aliphatic rings. The number of fused-ring (bicyclic) bond motifs is 1. The van der Waals surface area contributed by atoms with E-state index in [-0.39, 0.29) is 17.9 Å². The zero-order valence-corrected chi connectivity index (χ0v) is 28.6. The van der Waals surface area contributed by atoms with Crippen molar-refractivity contribution in [1.29, 1.82) is 0 Å². The number of ether oxygens (including phenoxy) is 2. The Labute approximate surface area is 278 Å². The predicted octanol–water partition coefficient (Wildman–Crippen LogP) is 4.71. The monoisotopic (exact) mass is 700 g/mol. The van der Waals surface area contributed by atoms with Crippen LogP contribution in [-0.2, 0) is 44.2 Å². The van der Waals surface area contributed by atoms with Crippen LogP contribution in [0.5, 0.6) is 0 Å². The first-order valence-electron chi connectivity index (χ1n) is 15.0. The second-order valence-electron chi connectivity index (χ2n) is 12.2. The maximum Gasteiger partial charge on any atom is 0.421 e. The van der Waals surface area contributed by atoms with Crippen LogP contribution >= 0.6 is 0 Å². The standard InChI is InChI=1S/C33H36N2O11S2/c1-6-45-29(36)28(22(2)35(39)40)33(25-19-13-14-20-26(25)34(30(33)37)31(38)46-32(3,4)5)21-27(47(41,42)23-15-9-7-10-16-23)48(43,44)24-17-11-8-12-18-24/h7-20,22,27-28H,6,21H2,1-5H3/t22-,28+,33-/m0/s1. The smallest absolute Gasteiger partial charge is 0.421 e. The molecule has 0 aromatic heterocycles. The summed E-state index contributed by atoms with van der Waals surface area (Å²) < 4.78 is 66.2. The van der Waals surface area contributed by atoms with Crippen molar-refractivity contribution in [2.75, 3.05) is 11.5 Å². The highest BCUT2D eigenvalue weighted by molar-refractivity contribution is 8.09. The van der Waals surface area contributed by atoms with E-state index in [9.17, 15) is 41.3 Å². The molecule has 13 nitrogen and oxygen atoms in total. The Hall–Kier alpha value is -4.63. The predicted molar refractivity (Wildman–Crippen MR) is 174 cm³/mol. The maximum atomic E-state index is 15.0. The van der Waals surface area contributed by atoms with Crippen molar-refractivity contribution in [3.05, 3.63) is 101 Å². The summed E-state index contributed by atoms with van der Waals surface area (Å²) in [5, 5.41) is 12.4. The van der Waals surface area contributed by atoms with Gasteiger partial charge in [-0.05, 0) is 70.0 Å². The van der Waals surface area contributed by atoms with Crippen molar-refractivity contribution in [2.24, 2.45) is 5.92 Å². The zero-order valence-electron chi connectivity index (χ0n) is 26.9. The van der Waals surface area contributed by atoms with Crippen molar-refractivity contribution in [3.8, 4) is 0 Å². The number of benzene rings is 3. The third-order valence-electron chi connectivity index (χ3n) is 8.00. The molecular weight excluding hydrogens is 665 g/mol. The van der Waals surface area contributed by atoms with E-state index >= 15 is 0 Å². The van der Waals surface area contributed by atoms with Crippen LogP contribution in [-0.4, -0.2) is 62.6 Å². The van der Waals surface area contributed by atoms with Crippen LogP contribution in [0.25, 0.3) is 0 Å². The van der Waals surface area contributed by atoms with Crippen LogP contribution in [0.4, 0.5) is 10.5 Å². The second kappa shape index (κ2) is 13.5. The number of para-hydroxylation sites is 1. The molecule has 3 aromatic rings. The SMILES string of the molecule is CCOC(=O)[C@@H]([C@H](C)[N+](=O)[O-])[C@@]1(CC(S(=O)(=O)c2ccccc2)S(=O)(=O)c2ccccc2)C(=O)N(C(=O)OC(C)(C)C)c2ccccc21. The summed E-state index contributed by atoms with van der Waals surface area (Å²) in [4.78, 5) is 53.8. The number of imide groups is 1. The second-order valence-corrected chi connectivity index (χ2v) is 16.8. The maximum absolute atomic E-state index is 15.0. The van der Waals surface area contributed by atoms with Gasteiger partial charge in [0.25, 0.3) is 0 Å². The number of amides is 2. The van der Waals surface area contributed by atoms with Gasteiger partial charge in [0.2, 0.25) is 11.9 Å². The number of nitro groups is 1. The average molecular weight is 701 g/mol. The molecule has 3 atom stereocenters. The molecule has 0 N–H and O–H groups in total. The molecule has 15 heteroatoms. The fourth-order valence-electron chi connectivity index (χ4n) is 5.92. The first-order chi connectivity index (χ1) is 22.4. The van der Waals surface area contributed by atoms with Gasteiger partial charge < -0.3 is 9.47 Å². The minimum atomic E-state index is -4.94. The van der Waals surface area contributed by atoms with Crippen molar-refractivity contribution in [2.45, 2.75) is 72.5 Å². The molecule has 0 radical (unpaired) electrons. The van der Waals surface area contributed by atoms with Gasteiger partial charge in [-0.25, -0.2) is 26.5 Å². The molecular formula is C33H36N2O11S2. The number of hydrogen-bond acceptors (Lipinski definition) is 11. The Balaban J connectivity index is 2.14. The molecule has 0 unspecified atom stereocenters. The largest absolute Gasteiger partial charge is 0.466 e. The number of anilines is 1. The quantitative estimate of drug-likeness (QED) is 0.153. The van der Waals surface area contributed by atoms with Gasteiger partial charge in [-0.3, -0.25) is 19.7 Å². The highest BCUT2D eigenvalue weighted by atomic mass is 32.3. The van der Waals surface area contributed by atoms with Gasteiger partial charge in [0.15, 0.2) is 24.3 Å². The topological polar surface area (TPSA) is 184 Å². The molecule has 4 rings (SSSR count). The Morgan fingerprint density at radius 2 is 1.35 bits per heavy atom. The molecule has 0 bridgehead atoms. The van der Waals surface area contributed by atoms with E-state index in [1.54, 1.807) is 0 Å². The summed E-state index contributed by atoms with van der Waals surface area (Å²) in [5.41, 5.74) is -4.11. The summed E-state index contributed by atoms with van der Waals surface area (Å²) in [5.74, 6) is -4.64. The van der Waals surface area contributed by atoms with E-state index in [0.717, 1.165) is 6.92 Å². The summed E-state index contributed by atoms with van der Waals surface area (Å²) in [6, 6.07) is 16.8. The lowest BCUT2D eigenvalue weighted by atomic mass is 9.66. The number of sulfone groups is 2. The summed E-state index contributed by atoms with van der Waals surface area (Å²) >= 11 is 0.